The van der Waals surface area contributed by atoms with Gasteiger partial charge in [0, 0.05) is 6.42 Å². The van der Waals surface area contributed by atoms with Crippen molar-refractivity contribution in [3.8, 4) is 0 Å². The molecule has 0 heterocycles. The number of carbonyl (C=O) groups excluding carboxylic acids is 1. The Bertz CT molecular complexity index is 1380. The number of phosphoric ester groups is 1. The molecule has 468 valence electrons. The van der Waals surface area contributed by atoms with Crippen LogP contribution < -0.4 is 5.32 Å². The lowest BCUT2D eigenvalue weighted by molar-refractivity contribution is -0.870. The standard InChI is InChI=1S/C70H137N2O6P/c1-6-8-10-12-14-16-18-20-22-24-26-28-30-32-33-34-35-36-37-38-40-42-44-46-48-50-52-54-56-58-60-62-64-70(74)71-68(67-78-79(75,76)77-66-65-72(3,4)5)69(73)63-61-59-57-55-53-51-49-47-45-43-41-39-31-29-27-25-23-21-19-17-15-13-11-9-7-2/h32-33,53,55,61,63,68-69,73H,6-31,34-52,54,56-60,62,64-67H2,1-5H3,(H-,71,74,75,76)/p+1/b33-32-,55-53+,63-61+. The van der Waals surface area contributed by atoms with Gasteiger partial charge in [0.15, 0.2) is 0 Å². The molecule has 0 saturated heterocycles. The summed E-state index contributed by atoms with van der Waals surface area (Å²) in [7, 11) is 1.57. The number of likely N-dealkylation sites (N-methyl/N-ethyl adjacent to an activating group) is 1. The van der Waals surface area contributed by atoms with Gasteiger partial charge >= 0.3 is 7.82 Å². The maximum absolute atomic E-state index is 13.0. The first-order valence-electron chi connectivity index (χ1n) is 34.9. The van der Waals surface area contributed by atoms with Crippen molar-refractivity contribution in [1.82, 2.24) is 5.32 Å². The molecule has 8 nitrogen and oxygen atoms in total. The van der Waals surface area contributed by atoms with E-state index in [2.05, 4.69) is 43.5 Å². The van der Waals surface area contributed by atoms with Gasteiger partial charge in [-0.05, 0) is 57.8 Å². The molecule has 0 aromatic carbocycles. The highest BCUT2D eigenvalue weighted by molar-refractivity contribution is 7.47. The van der Waals surface area contributed by atoms with Gasteiger partial charge in [0.05, 0.1) is 39.9 Å². The maximum Gasteiger partial charge on any atom is 0.472 e. The fourth-order valence-electron chi connectivity index (χ4n) is 10.6. The molecule has 0 aromatic heterocycles. The predicted octanol–water partition coefficient (Wildman–Crippen LogP) is 22.1. The van der Waals surface area contributed by atoms with E-state index in [1.165, 1.54) is 295 Å². The molecule has 9 heteroatoms. The monoisotopic (exact) mass is 1130 g/mol. The molecule has 3 unspecified atom stereocenters. The summed E-state index contributed by atoms with van der Waals surface area (Å²) < 4.78 is 23.8. The number of nitrogens with zero attached hydrogens (tertiary/aromatic N) is 1. The summed E-state index contributed by atoms with van der Waals surface area (Å²) in [4.78, 5) is 23.4. The molecular weight excluding hydrogens is 996 g/mol. The summed E-state index contributed by atoms with van der Waals surface area (Å²) in [5.74, 6) is -0.180. The average Bonchev–Trinajstić information content (AvgIpc) is 3.42. The number of hydrogen-bond acceptors (Lipinski definition) is 5. The van der Waals surface area contributed by atoms with Crippen LogP contribution in [0.25, 0.3) is 0 Å². The SMILES string of the molecule is CCCCCCCCCCCCCC/C=C\CCCCCCCCCCCCCCCCCCC(=O)NC(COP(=O)(O)OCC[N+](C)(C)C)C(O)/C=C/CC/C=C/CCCCCCCCCCCCCCCCCCCCC. The van der Waals surface area contributed by atoms with Crippen LogP contribution in [-0.2, 0) is 18.4 Å². The number of phosphoric acid groups is 1. The number of hydrogen-bond donors (Lipinski definition) is 3. The number of carbonyl (C=O) groups is 1. The highest BCUT2D eigenvalue weighted by Gasteiger charge is 2.28. The van der Waals surface area contributed by atoms with Crippen LogP contribution in [0.1, 0.15) is 354 Å². The van der Waals surface area contributed by atoms with Crippen LogP contribution in [0.2, 0.25) is 0 Å². The Morgan fingerprint density at radius 2 is 0.696 bits per heavy atom. The fraction of sp³-hybridized carbons (Fsp3) is 0.900. The van der Waals surface area contributed by atoms with Crippen molar-refractivity contribution in [2.45, 2.75) is 366 Å². The lowest BCUT2D eigenvalue weighted by Crippen LogP contribution is -2.45. The first-order chi connectivity index (χ1) is 38.5. The lowest BCUT2D eigenvalue weighted by Gasteiger charge is -2.25. The third-order valence-electron chi connectivity index (χ3n) is 16.1. The van der Waals surface area contributed by atoms with Crippen LogP contribution in [0.15, 0.2) is 36.5 Å². The molecule has 0 radical (unpaired) electrons. The number of aliphatic hydroxyl groups is 1. The van der Waals surface area contributed by atoms with Crippen molar-refractivity contribution in [1.29, 1.82) is 0 Å². The largest absolute Gasteiger partial charge is 0.472 e. The molecule has 79 heavy (non-hydrogen) atoms. The Labute approximate surface area is 493 Å². The van der Waals surface area contributed by atoms with Gasteiger partial charge in [-0.1, -0.05) is 326 Å². The second-order valence-electron chi connectivity index (χ2n) is 25.3. The van der Waals surface area contributed by atoms with Crippen LogP contribution in [0.3, 0.4) is 0 Å². The summed E-state index contributed by atoms with van der Waals surface area (Å²) in [6.07, 6.45) is 81.6. The summed E-state index contributed by atoms with van der Waals surface area (Å²) in [6.45, 7) is 4.85. The molecule has 0 aliphatic rings. The number of rotatable bonds is 65. The van der Waals surface area contributed by atoms with Crippen molar-refractivity contribution in [2.75, 3.05) is 40.9 Å². The van der Waals surface area contributed by atoms with Gasteiger partial charge in [-0.3, -0.25) is 13.8 Å². The maximum atomic E-state index is 13.0. The first kappa shape index (κ1) is 77.7. The van der Waals surface area contributed by atoms with Crippen LogP contribution in [0.5, 0.6) is 0 Å². The number of amides is 1. The van der Waals surface area contributed by atoms with E-state index in [-0.39, 0.29) is 19.1 Å². The Morgan fingerprint density at radius 1 is 0.418 bits per heavy atom. The molecule has 3 N–H and O–H groups in total. The lowest BCUT2D eigenvalue weighted by atomic mass is 10.0. The topological polar surface area (TPSA) is 105 Å². The zero-order valence-electron chi connectivity index (χ0n) is 53.6. The molecule has 0 bridgehead atoms. The smallest absolute Gasteiger partial charge is 0.387 e. The van der Waals surface area contributed by atoms with Crippen molar-refractivity contribution in [2.24, 2.45) is 0 Å². The van der Waals surface area contributed by atoms with Gasteiger partial charge in [0.1, 0.15) is 13.2 Å². The molecule has 0 aromatic rings. The summed E-state index contributed by atoms with van der Waals surface area (Å²) >= 11 is 0. The average molecular weight is 1130 g/mol. The summed E-state index contributed by atoms with van der Waals surface area (Å²) in [5, 5.41) is 14.0. The van der Waals surface area contributed by atoms with E-state index in [0.29, 0.717) is 17.4 Å². The molecular formula is C70H138N2O6P+. The van der Waals surface area contributed by atoms with Gasteiger partial charge in [-0.15, -0.1) is 0 Å². The van der Waals surface area contributed by atoms with E-state index in [9.17, 15) is 19.4 Å². The van der Waals surface area contributed by atoms with Gasteiger partial charge < -0.3 is 19.8 Å². The van der Waals surface area contributed by atoms with Crippen molar-refractivity contribution >= 4 is 13.7 Å². The van der Waals surface area contributed by atoms with Crippen LogP contribution >= 0.6 is 7.82 Å². The van der Waals surface area contributed by atoms with E-state index in [0.717, 1.165) is 38.5 Å². The number of aliphatic hydroxyl groups excluding tert-OH is 1. The number of unbranched alkanes of at least 4 members (excludes halogenated alkanes) is 48. The molecule has 0 aliphatic carbocycles. The Morgan fingerprint density at radius 3 is 1.01 bits per heavy atom. The van der Waals surface area contributed by atoms with Crippen LogP contribution in [-0.4, -0.2) is 73.4 Å². The minimum absolute atomic E-state index is 0.0578. The van der Waals surface area contributed by atoms with E-state index >= 15 is 0 Å². The number of quaternary nitrogens is 1. The molecule has 1 amide bonds. The third-order valence-corrected chi connectivity index (χ3v) is 17.1. The van der Waals surface area contributed by atoms with Crippen molar-refractivity contribution < 1.29 is 32.9 Å². The quantitative estimate of drug-likeness (QED) is 0.0243. The predicted molar refractivity (Wildman–Crippen MR) is 346 cm³/mol. The first-order valence-corrected chi connectivity index (χ1v) is 36.4. The van der Waals surface area contributed by atoms with Crippen LogP contribution in [0.4, 0.5) is 0 Å². The Balaban J connectivity index is 4.07. The zero-order chi connectivity index (χ0) is 57.7. The van der Waals surface area contributed by atoms with Gasteiger partial charge in [-0.2, -0.15) is 0 Å². The van der Waals surface area contributed by atoms with E-state index in [1.54, 1.807) is 6.08 Å². The Hall–Kier alpha value is -1.28. The number of allylic oxidation sites excluding steroid dienone is 5. The third kappa shape index (κ3) is 64.1. The highest BCUT2D eigenvalue weighted by Crippen LogP contribution is 2.43. The molecule has 3 atom stereocenters. The summed E-state index contributed by atoms with van der Waals surface area (Å²) in [5.41, 5.74) is 0. The summed E-state index contributed by atoms with van der Waals surface area (Å²) in [6, 6.07) is -0.864. The minimum Gasteiger partial charge on any atom is -0.387 e. The normalized spacial score (nSPS) is 13.9. The highest BCUT2D eigenvalue weighted by atomic mass is 31.2. The van der Waals surface area contributed by atoms with Crippen LogP contribution in [0, 0.1) is 0 Å². The molecule has 0 saturated carbocycles. The van der Waals surface area contributed by atoms with Gasteiger partial charge in [0.25, 0.3) is 0 Å². The molecule has 0 spiro atoms. The fourth-order valence-corrected chi connectivity index (χ4v) is 11.4. The molecule has 0 rings (SSSR count). The Kier molecular flexibility index (Phi) is 60.3. The zero-order valence-corrected chi connectivity index (χ0v) is 54.5. The van der Waals surface area contributed by atoms with E-state index in [1.807, 2.05) is 27.2 Å². The van der Waals surface area contributed by atoms with Gasteiger partial charge in [-0.25, -0.2) is 4.57 Å². The van der Waals surface area contributed by atoms with E-state index < -0.39 is 20.0 Å². The van der Waals surface area contributed by atoms with Crippen molar-refractivity contribution in [3.63, 3.8) is 0 Å². The van der Waals surface area contributed by atoms with Crippen molar-refractivity contribution in [3.05, 3.63) is 36.5 Å². The second-order valence-corrected chi connectivity index (χ2v) is 26.7. The minimum atomic E-state index is -4.36. The number of nitrogens with one attached hydrogen (secondary N) is 1. The molecule has 0 aliphatic heterocycles. The van der Waals surface area contributed by atoms with E-state index in [4.69, 9.17) is 9.05 Å². The van der Waals surface area contributed by atoms with Gasteiger partial charge in [0.2, 0.25) is 5.91 Å². The second kappa shape index (κ2) is 61.3. The molecule has 0 fully saturated rings.